The number of rotatable bonds is 5. The lowest BCUT2D eigenvalue weighted by molar-refractivity contribution is 0.329. The molecule has 0 amide bonds. The molecule has 15 heavy (non-hydrogen) atoms. The average molecular weight is 207 g/mol. The van der Waals surface area contributed by atoms with Gasteiger partial charge in [-0.2, -0.15) is 0 Å². The van der Waals surface area contributed by atoms with Crippen molar-refractivity contribution >= 4 is 0 Å². The number of phenols is 1. The fourth-order valence-electron chi connectivity index (χ4n) is 1.48. The van der Waals surface area contributed by atoms with Gasteiger partial charge in [0, 0.05) is 12.1 Å². The van der Waals surface area contributed by atoms with E-state index in [0.717, 1.165) is 24.9 Å². The lowest BCUT2D eigenvalue weighted by atomic mass is 9.95. The van der Waals surface area contributed by atoms with Crippen LogP contribution in [0.5, 0.6) is 5.75 Å². The van der Waals surface area contributed by atoms with Crippen LogP contribution in [-0.2, 0) is 6.54 Å². The summed E-state index contributed by atoms with van der Waals surface area (Å²) >= 11 is 0. The number of phenolic OH excluding ortho intramolecular Hbond substituents is 1. The van der Waals surface area contributed by atoms with E-state index in [1.54, 1.807) is 12.1 Å². The minimum absolute atomic E-state index is 0.200. The maximum atomic E-state index is 9.33. The molecule has 0 fully saturated rings. The third-order valence-electron chi connectivity index (χ3n) is 3.19. The summed E-state index contributed by atoms with van der Waals surface area (Å²) in [5.74, 6) is 0.337. The highest BCUT2D eigenvalue weighted by molar-refractivity contribution is 5.27. The van der Waals surface area contributed by atoms with Crippen molar-refractivity contribution in [1.82, 2.24) is 5.32 Å². The van der Waals surface area contributed by atoms with E-state index in [1.165, 1.54) is 0 Å². The first-order valence-electron chi connectivity index (χ1n) is 5.62. The van der Waals surface area contributed by atoms with Crippen LogP contribution < -0.4 is 5.32 Å². The van der Waals surface area contributed by atoms with Crippen molar-refractivity contribution < 1.29 is 5.11 Å². The second kappa shape index (κ2) is 5.17. The number of aromatic hydroxyl groups is 1. The lowest BCUT2D eigenvalue weighted by Crippen LogP contribution is -2.40. The molecule has 0 aliphatic heterocycles. The van der Waals surface area contributed by atoms with E-state index in [0.29, 0.717) is 5.75 Å². The Balaban J connectivity index is 2.56. The zero-order chi connectivity index (χ0) is 11.3. The number of nitrogens with one attached hydrogen (secondary N) is 1. The van der Waals surface area contributed by atoms with Crippen molar-refractivity contribution in [3.05, 3.63) is 29.8 Å². The molecule has 0 unspecified atom stereocenters. The van der Waals surface area contributed by atoms with Crippen LogP contribution in [0.4, 0.5) is 0 Å². The first-order chi connectivity index (χ1) is 7.09. The van der Waals surface area contributed by atoms with Crippen LogP contribution in [0.3, 0.4) is 0 Å². The zero-order valence-electron chi connectivity index (χ0n) is 9.88. The molecule has 0 aromatic heterocycles. The van der Waals surface area contributed by atoms with E-state index >= 15 is 0 Å². The molecule has 0 heterocycles. The van der Waals surface area contributed by atoms with E-state index < -0.39 is 0 Å². The van der Waals surface area contributed by atoms with Gasteiger partial charge in [-0.15, -0.1) is 0 Å². The normalized spacial score (nSPS) is 11.7. The van der Waals surface area contributed by atoms with Crippen LogP contribution in [0, 0.1) is 0 Å². The van der Waals surface area contributed by atoms with Crippen LogP contribution in [0.2, 0.25) is 0 Å². The molecule has 0 spiro atoms. The molecule has 1 aromatic carbocycles. The number of benzene rings is 1. The molecule has 0 saturated heterocycles. The topological polar surface area (TPSA) is 32.3 Å². The summed E-state index contributed by atoms with van der Waals surface area (Å²) in [6.45, 7) is 7.43. The molecule has 0 atom stereocenters. The van der Waals surface area contributed by atoms with Crippen molar-refractivity contribution in [3.8, 4) is 5.75 Å². The van der Waals surface area contributed by atoms with Crippen LogP contribution in [0.1, 0.15) is 39.2 Å². The van der Waals surface area contributed by atoms with Gasteiger partial charge in [0.1, 0.15) is 5.75 Å². The maximum absolute atomic E-state index is 9.33. The second-order valence-electron chi connectivity index (χ2n) is 4.29. The summed E-state index contributed by atoms with van der Waals surface area (Å²) in [4.78, 5) is 0. The summed E-state index contributed by atoms with van der Waals surface area (Å²) < 4.78 is 0. The van der Waals surface area contributed by atoms with Crippen LogP contribution in [0.25, 0.3) is 0 Å². The van der Waals surface area contributed by atoms with Crippen LogP contribution in [0.15, 0.2) is 24.3 Å². The predicted molar refractivity (Wildman–Crippen MR) is 63.9 cm³/mol. The zero-order valence-corrected chi connectivity index (χ0v) is 9.88. The number of hydrogen-bond donors (Lipinski definition) is 2. The molecule has 0 saturated carbocycles. The Labute approximate surface area is 92.3 Å². The Morgan fingerprint density at radius 3 is 2.47 bits per heavy atom. The smallest absolute Gasteiger partial charge is 0.115 e. The third kappa shape index (κ3) is 3.56. The van der Waals surface area contributed by atoms with E-state index in [9.17, 15) is 5.11 Å². The summed E-state index contributed by atoms with van der Waals surface area (Å²) in [6.07, 6.45) is 2.23. The molecule has 84 valence electrons. The predicted octanol–water partition coefficient (Wildman–Crippen LogP) is 3.06. The van der Waals surface area contributed by atoms with Gasteiger partial charge in [0.05, 0.1) is 0 Å². The monoisotopic (exact) mass is 207 g/mol. The minimum atomic E-state index is 0.200. The van der Waals surface area contributed by atoms with Gasteiger partial charge in [-0.05, 0) is 37.5 Å². The van der Waals surface area contributed by atoms with Gasteiger partial charge in [-0.1, -0.05) is 26.0 Å². The molecule has 1 aromatic rings. The molecule has 2 heteroatoms. The summed E-state index contributed by atoms with van der Waals surface area (Å²) in [6, 6.07) is 7.40. The molecule has 0 radical (unpaired) electrons. The van der Waals surface area contributed by atoms with Gasteiger partial charge in [0.2, 0.25) is 0 Å². The molecular weight excluding hydrogens is 186 g/mol. The van der Waals surface area contributed by atoms with Gasteiger partial charge in [-0.3, -0.25) is 0 Å². The Kier molecular flexibility index (Phi) is 4.15. The highest BCUT2D eigenvalue weighted by Gasteiger charge is 2.17. The molecule has 0 aliphatic rings. The van der Waals surface area contributed by atoms with Crippen molar-refractivity contribution in [2.75, 3.05) is 0 Å². The quantitative estimate of drug-likeness (QED) is 0.777. The fourth-order valence-corrected chi connectivity index (χ4v) is 1.48. The molecule has 1 rings (SSSR count). The maximum Gasteiger partial charge on any atom is 0.115 e. The molecule has 0 bridgehead atoms. The standard InChI is InChI=1S/C13H21NO/c1-4-13(3,5-2)14-10-11-7-6-8-12(15)9-11/h6-9,14-15H,4-5,10H2,1-3H3. The Morgan fingerprint density at radius 2 is 1.93 bits per heavy atom. The van der Waals surface area contributed by atoms with Gasteiger partial charge >= 0.3 is 0 Å². The average Bonchev–Trinajstić information content (AvgIpc) is 2.26. The van der Waals surface area contributed by atoms with E-state index in [4.69, 9.17) is 0 Å². The van der Waals surface area contributed by atoms with Gasteiger partial charge in [-0.25, -0.2) is 0 Å². The van der Waals surface area contributed by atoms with Crippen molar-refractivity contribution in [1.29, 1.82) is 0 Å². The molecule has 2 N–H and O–H groups in total. The van der Waals surface area contributed by atoms with E-state index in [2.05, 4.69) is 26.1 Å². The largest absolute Gasteiger partial charge is 0.508 e. The van der Waals surface area contributed by atoms with Gasteiger partial charge in [0.25, 0.3) is 0 Å². The first-order valence-corrected chi connectivity index (χ1v) is 5.62. The highest BCUT2D eigenvalue weighted by Crippen LogP contribution is 2.16. The minimum Gasteiger partial charge on any atom is -0.508 e. The lowest BCUT2D eigenvalue weighted by Gasteiger charge is -2.28. The van der Waals surface area contributed by atoms with Crippen molar-refractivity contribution in [2.24, 2.45) is 0 Å². The van der Waals surface area contributed by atoms with E-state index in [1.807, 2.05) is 12.1 Å². The second-order valence-corrected chi connectivity index (χ2v) is 4.29. The Hall–Kier alpha value is -1.02. The van der Waals surface area contributed by atoms with Gasteiger partial charge < -0.3 is 10.4 Å². The Bertz CT molecular complexity index is 305. The molecule has 2 nitrogen and oxygen atoms in total. The Morgan fingerprint density at radius 1 is 1.27 bits per heavy atom. The van der Waals surface area contributed by atoms with Crippen molar-refractivity contribution in [2.45, 2.75) is 45.7 Å². The summed E-state index contributed by atoms with van der Waals surface area (Å²) in [7, 11) is 0. The van der Waals surface area contributed by atoms with Gasteiger partial charge in [0.15, 0.2) is 0 Å². The third-order valence-corrected chi connectivity index (χ3v) is 3.19. The fraction of sp³-hybridized carbons (Fsp3) is 0.538. The summed E-state index contributed by atoms with van der Waals surface area (Å²) in [5, 5.41) is 12.9. The number of hydrogen-bond acceptors (Lipinski definition) is 2. The SMILES string of the molecule is CCC(C)(CC)NCc1cccc(O)c1. The van der Waals surface area contributed by atoms with E-state index in [-0.39, 0.29) is 5.54 Å². The van der Waals surface area contributed by atoms with Crippen LogP contribution in [-0.4, -0.2) is 10.6 Å². The van der Waals surface area contributed by atoms with Crippen molar-refractivity contribution in [3.63, 3.8) is 0 Å². The summed E-state index contributed by atoms with van der Waals surface area (Å²) in [5.41, 5.74) is 1.33. The first kappa shape index (κ1) is 12.1. The molecule has 0 aliphatic carbocycles. The highest BCUT2D eigenvalue weighted by atomic mass is 16.3. The molecular formula is C13H21NO. The van der Waals surface area contributed by atoms with Crippen LogP contribution >= 0.6 is 0 Å².